The number of carbonyl (C=O) groups is 1. The molecule has 4 aromatic rings. The molecule has 0 unspecified atom stereocenters. The molecule has 7 nitrogen and oxygen atoms in total. The van der Waals surface area contributed by atoms with E-state index in [-0.39, 0.29) is 28.6 Å². The fraction of sp³-hybridized carbons (Fsp3) is 0.359. The first-order valence-corrected chi connectivity index (χ1v) is 16.7. The van der Waals surface area contributed by atoms with E-state index in [1.165, 1.54) is 5.56 Å². The van der Waals surface area contributed by atoms with Crippen LogP contribution >= 0.6 is 0 Å². The van der Waals surface area contributed by atoms with Crippen LogP contribution in [0.25, 0.3) is 11.1 Å². The molecule has 1 amide bonds. The number of nitro benzene ring substituents is 1. The molecule has 1 aliphatic heterocycles. The summed E-state index contributed by atoms with van der Waals surface area (Å²) < 4.78 is 0. The molecule has 0 bridgehead atoms. The van der Waals surface area contributed by atoms with Crippen molar-refractivity contribution in [3.63, 3.8) is 0 Å². The second-order valence-electron chi connectivity index (χ2n) is 13.0. The molecule has 2 fully saturated rings. The Balaban J connectivity index is 1.18. The Morgan fingerprint density at radius 2 is 1.39 bits per heavy atom. The van der Waals surface area contributed by atoms with Gasteiger partial charge in [0.05, 0.1) is 11.3 Å². The summed E-state index contributed by atoms with van der Waals surface area (Å²) >= 11 is 0. The molecule has 1 saturated carbocycles. The van der Waals surface area contributed by atoms with Gasteiger partial charge in [-0.3, -0.25) is 14.9 Å². The van der Waals surface area contributed by atoms with Gasteiger partial charge in [-0.25, -0.2) is 0 Å². The van der Waals surface area contributed by atoms with Gasteiger partial charge in [0.2, 0.25) is 5.91 Å². The molecule has 0 radical (unpaired) electrons. The lowest BCUT2D eigenvalue weighted by Gasteiger charge is -2.36. The van der Waals surface area contributed by atoms with E-state index in [0.29, 0.717) is 24.6 Å². The lowest BCUT2D eigenvalue weighted by atomic mass is 9.89. The Hall–Kier alpha value is -4.49. The van der Waals surface area contributed by atoms with Crippen molar-refractivity contribution in [1.29, 1.82) is 0 Å². The zero-order valence-corrected chi connectivity index (χ0v) is 26.5. The van der Waals surface area contributed by atoms with Crippen molar-refractivity contribution in [2.75, 3.05) is 18.0 Å². The van der Waals surface area contributed by atoms with E-state index in [2.05, 4.69) is 35.2 Å². The topological polar surface area (TPSA) is 92.7 Å². The molecular weight excluding hydrogens is 572 g/mol. The van der Waals surface area contributed by atoms with Crippen molar-refractivity contribution < 1.29 is 9.72 Å². The maximum absolute atomic E-state index is 13.7. The van der Waals surface area contributed by atoms with Gasteiger partial charge < -0.3 is 15.5 Å². The van der Waals surface area contributed by atoms with Crippen molar-refractivity contribution >= 4 is 17.3 Å². The van der Waals surface area contributed by atoms with Crippen LogP contribution in [-0.2, 0) is 24.2 Å². The highest BCUT2D eigenvalue weighted by atomic mass is 16.6. The van der Waals surface area contributed by atoms with Crippen molar-refractivity contribution in [3.8, 4) is 11.1 Å². The van der Waals surface area contributed by atoms with E-state index >= 15 is 0 Å². The van der Waals surface area contributed by atoms with Crippen molar-refractivity contribution in [2.45, 2.75) is 70.0 Å². The molecule has 1 heterocycles. The molecule has 4 aromatic carbocycles. The van der Waals surface area contributed by atoms with Gasteiger partial charge in [0.25, 0.3) is 5.69 Å². The van der Waals surface area contributed by atoms with Crippen molar-refractivity contribution in [1.82, 2.24) is 4.90 Å². The lowest BCUT2D eigenvalue weighted by Crippen LogP contribution is -2.44. The highest BCUT2D eigenvalue weighted by molar-refractivity contribution is 5.79. The second-order valence-corrected chi connectivity index (χ2v) is 13.0. The molecule has 0 aromatic heterocycles. The summed E-state index contributed by atoms with van der Waals surface area (Å²) in [7, 11) is 0. The number of benzene rings is 4. The van der Waals surface area contributed by atoms with Crippen LogP contribution in [-0.4, -0.2) is 40.9 Å². The highest BCUT2D eigenvalue weighted by Crippen LogP contribution is 2.36. The number of hydrogen-bond donors (Lipinski definition) is 1. The van der Waals surface area contributed by atoms with Gasteiger partial charge in [0.1, 0.15) is 5.69 Å². The third-order valence-electron chi connectivity index (χ3n) is 9.81. The monoisotopic (exact) mass is 616 g/mol. The van der Waals surface area contributed by atoms with Crippen LogP contribution in [0.2, 0.25) is 0 Å². The first-order chi connectivity index (χ1) is 22.4. The first-order valence-electron chi connectivity index (χ1n) is 16.7. The molecule has 2 aliphatic rings. The summed E-state index contributed by atoms with van der Waals surface area (Å²) in [6.45, 7) is 2.12. The van der Waals surface area contributed by atoms with Gasteiger partial charge in [-0.2, -0.15) is 0 Å². The lowest BCUT2D eigenvalue weighted by molar-refractivity contribution is -0.384. The highest BCUT2D eigenvalue weighted by Gasteiger charge is 2.29. The van der Waals surface area contributed by atoms with Crippen LogP contribution in [0.5, 0.6) is 0 Å². The summed E-state index contributed by atoms with van der Waals surface area (Å²) in [6, 6.07) is 34.5. The smallest absolute Gasteiger partial charge is 0.293 e. The average molecular weight is 617 g/mol. The van der Waals surface area contributed by atoms with Gasteiger partial charge in [-0.1, -0.05) is 84.9 Å². The van der Waals surface area contributed by atoms with E-state index in [1.54, 1.807) is 6.07 Å². The minimum absolute atomic E-state index is 0.115. The molecule has 1 aliphatic carbocycles. The number of nitrogens with two attached hydrogens (primary N) is 1. The zero-order chi connectivity index (χ0) is 31.9. The maximum Gasteiger partial charge on any atom is 0.293 e. The van der Waals surface area contributed by atoms with E-state index in [9.17, 15) is 14.9 Å². The predicted octanol–water partition coefficient (Wildman–Crippen LogP) is 7.56. The molecule has 0 spiro atoms. The summed E-state index contributed by atoms with van der Waals surface area (Å²) in [6.07, 6.45) is 7.08. The average Bonchev–Trinajstić information content (AvgIpc) is 3.09. The minimum atomic E-state index is -0.253. The number of carbonyl (C=O) groups excluding carboxylic acids is 1. The molecule has 0 atom stereocenters. The van der Waals surface area contributed by atoms with Crippen molar-refractivity contribution in [2.24, 2.45) is 11.7 Å². The van der Waals surface area contributed by atoms with Crippen molar-refractivity contribution in [3.05, 3.63) is 130 Å². The second kappa shape index (κ2) is 14.7. The number of rotatable bonds is 10. The third-order valence-corrected chi connectivity index (χ3v) is 9.81. The first kappa shape index (κ1) is 31.5. The van der Waals surface area contributed by atoms with Crippen LogP contribution in [0.3, 0.4) is 0 Å². The van der Waals surface area contributed by atoms with Crippen LogP contribution in [0.4, 0.5) is 11.4 Å². The predicted molar refractivity (Wildman–Crippen MR) is 185 cm³/mol. The van der Waals surface area contributed by atoms with E-state index < -0.39 is 0 Å². The third kappa shape index (κ3) is 7.83. The van der Waals surface area contributed by atoms with Gasteiger partial charge in [-0.15, -0.1) is 0 Å². The summed E-state index contributed by atoms with van der Waals surface area (Å²) in [4.78, 5) is 30.0. The van der Waals surface area contributed by atoms with Gasteiger partial charge in [-0.05, 0) is 90.8 Å². The molecule has 238 valence electrons. The SMILES string of the molecule is NC1CCC(N(Cc2cccc(-c3ccc(N4CCC(Cc5ccccc5)CC4)c([N+](=O)[O-])c3)c2)C(=O)Cc2ccccc2)CC1. The van der Waals surface area contributed by atoms with Crippen LogP contribution in [0.1, 0.15) is 55.2 Å². The maximum atomic E-state index is 13.7. The molecule has 46 heavy (non-hydrogen) atoms. The number of piperidine rings is 1. The number of amides is 1. The summed E-state index contributed by atoms with van der Waals surface area (Å²) in [5.41, 5.74) is 12.1. The number of nitro groups is 1. The van der Waals surface area contributed by atoms with Crippen LogP contribution < -0.4 is 10.6 Å². The Morgan fingerprint density at radius 3 is 2.07 bits per heavy atom. The zero-order valence-electron chi connectivity index (χ0n) is 26.5. The molecule has 2 N–H and O–H groups in total. The van der Waals surface area contributed by atoms with E-state index in [4.69, 9.17) is 5.73 Å². The quantitative estimate of drug-likeness (QED) is 0.147. The van der Waals surface area contributed by atoms with Gasteiger partial charge >= 0.3 is 0 Å². The van der Waals surface area contributed by atoms with Crippen LogP contribution in [0.15, 0.2) is 103 Å². The minimum Gasteiger partial charge on any atom is -0.366 e. The summed E-state index contributed by atoms with van der Waals surface area (Å²) in [5.74, 6) is 0.703. The number of hydrogen-bond acceptors (Lipinski definition) is 5. The molecule has 6 rings (SSSR count). The largest absolute Gasteiger partial charge is 0.366 e. The Kier molecular flexibility index (Phi) is 10.1. The molecular formula is C39H44N4O3. The normalized spacial score (nSPS) is 18.7. The number of anilines is 1. The summed E-state index contributed by atoms with van der Waals surface area (Å²) in [5, 5.41) is 12.3. The molecule has 1 saturated heterocycles. The number of nitrogens with zero attached hydrogens (tertiary/aromatic N) is 3. The molecule has 7 heteroatoms. The van der Waals surface area contributed by atoms with E-state index in [1.807, 2.05) is 71.6 Å². The Bertz CT molecular complexity index is 1610. The van der Waals surface area contributed by atoms with Gasteiger partial charge in [0.15, 0.2) is 0 Å². The van der Waals surface area contributed by atoms with Gasteiger partial charge in [0, 0.05) is 37.8 Å². The van der Waals surface area contributed by atoms with E-state index in [0.717, 1.165) is 80.3 Å². The Morgan fingerprint density at radius 1 is 0.761 bits per heavy atom. The fourth-order valence-corrected chi connectivity index (χ4v) is 7.19. The van der Waals surface area contributed by atoms with Crippen LogP contribution in [0, 0.1) is 16.0 Å². The standard InChI is InChI=1S/C39H44N4O3/c40-35-15-17-36(18-16-35)42(39(44)26-30-10-5-2-6-11-30)28-32-12-7-13-33(25-32)34-14-19-37(38(27-34)43(45)46)41-22-20-31(21-23-41)24-29-8-3-1-4-9-29/h1-14,19,25,27,31,35-36H,15-18,20-24,26,28,40H2. The fourth-order valence-electron chi connectivity index (χ4n) is 7.19. The Labute approximate surface area is 272 Å².